The van der Waals surface area contributed by atoms with Crippen LogP contribution in [0.3, 0.4) is 0 Å². The molecule has 0 saturated carbocycles. The molecule has 4 nitrogen and oxygen atoms in total. The minimum atomic E-state index is -0.205. The number of fused-ring (bicyclic) bond motifs is 2. The summed E-state index contributed by atoms with van der Waals surface area (Å²) >= 11 is 3.31. The third-order valence-electron chi connectivity index (χ3n) is 4.44. The number of aromatic nitrogens is 2. The number of anilines is 2. The second-order valence-electron chi connectivity index (χ2n) is 6.05. The largest absolute Gasteiger partial charge is 0.345 e. The Bertz CT molecular complexity index is 1020. The van der Waals surface area contributed by atoms with Crippen molar-refractivity contribution < 1.29 is 4.39 Å². The summed E-state index contributed by atoms with van der Waals surface area (Å²) in [5, 5.41) is 2.07. The molecule has 1 fully saturated rings. The van der Waals surface area contributed by atoms with Gasteiger partial charge >= 0.3 is 0 Å². The van der Waals surface area contributed by atoms with Crippen molar-refractivity contribution in [3.8, 4) is 0 Å². The zero-order valence-electron chi connectivity index (χ0n) is 13.4. The monoisotopic (exact) mass is 370 g/mol. The summed E-state index contributed by atoms with van der Waals surface area (Å²) in [4.78, 5) is 14.0. The van der Waals surface area contributed by atoms with Crippen molar-refractivity contribution in [2.75, 3.05) is 36.0 Å². The van der Waals surface area contributed by atoms with Gasteiger partial charge in [-0.2, -0.15) is 0 Å². The standard InChI is InChI=1S/C18H15FN4S2/c19-12-5-6-14-16(11-12)25-18(21-14)23-9-7-22(8-10-23)17-20-13-3-1-2-4-15(13)24-17/h1-6,11H,7-10H2. The van der Waals surface area contributed by atoms with Crippen molar-refractivity contribution in [2.45, 2.75) is 0 Å². The fourth-order valence-corrected chi connectivity index (χ4v) is 5.17. The minimum absolute atomic E-state index is 0.205. The van der Waals surface area contributed by atoms with Gasteiger partial charge in [-0.05, 0) is 30.3 Å². The molecule has 126 valence electrons. The lowest BCUT2D eigenvalue weighted by Gasteiger charge is -2.34. The fraction of sp³-hybridized carbons (Fsp3) is 0.222. The molecule has 0 radical (unpaired) electrons. The van der Waals surface area contributed by atoms with E-state index in [2.05, 4.69) is 33.0 Å². The molecule has 7 heteroatoms. The van der Waals surface area contributed by atoms with Crippen LogP contribution in [0.15, 0.2) is 42.5 Å². The molecule has 0 N–H and O–H groups in total. The summed E-state index contributed by atoms with van der Waals surface area (Å²) in [5.41, 5.74) is 1.94. The van der Waals surface area contributed by atoms with E-state index in [0.29, 0.717) is 0 Å². The number of benzene rings is 2. The number of hydrogen-bond acceptors (Lipinski definition) is 6. The number of rotatable bonds is 2. The second kappa shape index (κ2) is 5.93. The van der Waals surface area contributed by atoms with Gasteiger partial charge in [-0.25, -0.2) is 14.4 Å². The van der Waals surface area contributed by atoms with Crippen LogP contribution in [-0.4, -0.2) is 36.1 Å². The predicted octanol–water partition coefficient (Wildman–Crippen LogP) is 4.37. The van der Waals surface area contributed by atoms with Gasteiger partial charge in [0.05, 0.1) is 20.4 Å². The van der Waals surface area contributed by atoms with E-state index in [0.717, 1.165) is 52.2 Å². The van der Waals surface area contributed by atoms with Crippen LogP contribution < -0.4 is 9.80 Å². The molecule has 1 aliphatic rings. The lowest BCUT2D eigenvalue weighted by molar-refractivity contribution is 0.630. The molecule has 0 unspecified atom stereocenters. The van der Waals surface area contributed by atoms with Gasteiger partial charge in [0.2, 0.25) is 0 Å². The third kappa shape index (κ3) is 2.73. The first kappa shape index (κ1) is 15.0. The van der Waals surface area contributed by atoms with Crippen molar-refractivity contribution >= 4 is 53.4 Å². The Morgan fingerprint density at radius 2 is 1.36 bits per heavy atom. The average Bonchev–Trinajstić information content (AvgIpc) is 3.25. The maximum absolute atomic E-state index is 13.4. The topological polar surface area (TPSA) is 32.3 Å². The van der Waals surface area contributed by atoms with E-state index >= 15 is 0 Å². The Balaban J connectivity index is 1.34. The summed E-state index contributed by atoms with van der Waals surface area (Å²) in [6.45, 7) is 3.64. The molecule has 0 atom stereocenters. The lowest BCUT2D eigenvalue weighted by atomic mass is 10.3. The average molecular weight is 370 g/mol. The van der Waals surface area contributed by atoms with Gasteiger partial charge in [0.1, 0.15) is 5.82 Å². The number of nitrogens with zero attached hydrogens (tertiary/aromatic N) is 4. The molecule has 0 spiro atoms. The Hall–Kier alpha value is -2.25. The van der Waals surface area contributed by atoms with Crippen LogP contribution in [0, 0.1) is 5.82 Å². The molecule has 5 rings (SSSR count). The number of halogens is 1. The van der Waals surface area contributed by atoms with Gasteiger partial charge in [-0.15, -0.1) is 0 Å². The molecular weight excluding hydrogens is 355 g/mol. The summed E-state index contributed by atoms with van der Waals surface area (Å²) in [6, 6.07) is 13.0. The fourth-order valence-electron chi connectivity index (χ4n) is 3.11. The van der Waals surface area contributed by atoms with Crippen molar-refractivity contribution in [2.24, 2.45) is 0 Å². The normalized spacial score (nSPS) is 15.4. The molecule has 2 aromatic carbocycles. The first-order chi connectivity index (χ1) is 12.3. The van der Waals surface area contributed by atoms with Crippen LogP contribution in [-0.2, 0) is 0 Å². The van der Waals surface area contributed by atoms with Crippen molar-refractivity contribution in [1.29, 1.82) is 0 Å². The Labute approximate surface area is 152 Å². The molecule has 3 heterocycles. The zero-order chi connectivity index (χ0) is 16.8. The van der Waals surface area contributed by atoms with Gasteiger partial charge in [0.25, 0.3) is 0 Å². The number of thiazole rings is 2. The Kier molecular flexibility index (Phi) is 3.57. The third-order valence-corrected chi connectivity index (χ3v) is 6.62. The van der Waals surface area contributed by atoms with Crippen LogP contribution in [0.1, 0.15) is 0 Å². The molecule has 1 saturated heterocycles. The van der Waals surface area contributed by atoms with Crippen molar-refractivity contribution in [3.05, 3.63) is 48.3 Å². The Morgan fingerprint density at radius 3 is 2.04 bits per heavy atom. The van der Waals surface area contributed by atoms with Gasteiger partial charge < -0.3 is 9.80 Å². The van der Waals surface area contributed by atoms with Crippen molar-refractivity contribution in [3.63, 3.8) is 0 Å². The summed E-state index contributed by atoms with van der Waals surface area (Å²) < 4.78 is 15.5. The van der Waals surface area contributed by atoms with Gasteiger partial charge in [-0.1, -0.05) is 34.8 Å². The van der Waals surface area contributed by atoms with E-state index in [1.807, 2.05) is 6.07 Å². The van der Waals surface area contributed by atoms with Gasteiger partial charge in [0, 0.05) is 26.2 Å². The van der Waals surface area contributed by atoms with Crippen LogP contribution in [0.2, 0.25) is 0 Å². The summed E-state index contributed by atoms with van der Waals surface area (Å²) in [5.74, 6) is -0.205. The highest BCUT2D eigenvalue weighted by Gasteiger charge is 2.22. The highest BCUT2D eigenvalue weighted by molar-refractivity contribution is 7.22. The zero-order valence-corrected chi connectivity index (χ0v) is 15.0. The molecule has 4 aromatic rings. The highest BCUT2D eigenvalue weighted by atomic mass is 32.1. The summed E-state index contributed by atoms with van der Waals surface area (Å²) in [6.07, 6.45) is 0. The second-order valence-corrected chi connectivity index (χ2v) is 8.06. The smallest absolute Gasteiger partial charge is 0.186 e. The van der Waals surface area contributed by atoms with Crippen LogP contribution in [0.4, 0.5) is 14.7 Å². The van der Waals surface area contributed by atoms with Crippen LogP contribution in [0.25, 0.3) is 20.4 Å². The van der Waals surface area contributed by atoms with Gasteiger partial charge in [0.15, 0.2) is 10.3 Å². The number of para-hydroxylation sites is 1. The minimum Gasteiger partial charge on any atom is -0.345 e. The number of hydrogen-bond donors (Lipinski definition) is 0. The summed E-state index contributed by atoms with van der Waals surface area (Å²) in [7, 11) is 0. The first-order valence-corrected chi connectivity index (χ1v) is 9.81. The maximum atomic E-state index is 13.4. The molecule has 2 aromatic heterocycles. The molecule has 0 bridgehead atoms. The van der Waals surface area contributed by atoms with E-state index in [4.69, 9.17) is 4.98 Å². The quantitative estimate of drug-likeness (QED) is 0.524. The van der Waals surface area contributed by atoms with Crippen LogP contribution >= 0.6 is 22.7 Å². The Morgan fingerprint density at radius 1 is 0.760 bits per heavy atom. The first-order valence-electron chi connectivity index (χ1n) is 8.18. The van der Waals surface area contributed by atoms with E-state index in [1.165, 1.54) is 10.8 Å². The molecule has 1 aliphatic heterocycles. The molecule has 0 aliphatic carbocycles. The molecule has 0 amide bonds. The maximum Gasteiger partial charge on any atom is 0.186 e. The number of piperazine rings is 1. The van der Waals surface area contributed by atoms with E-state index in [-0.39, 0.29) is 5.82 Å². The molecule has 25 heavy (non-hydrogen) atoms. The predicted molar refractivity (Wildman–Crippen MR) is 104 cm³/mol. The van der Waals surface area contributed by atoms with E-state index in [1.54, 1.807) is 34.8 Å². The van der Waals surface area contributed by atoms with Gasteiger partial charge in [-0.3, -0.25) is 0 Å². The SMILES string of the molecule is Fc1ccc2nc(N3CCN(c4nc5ccccc5s4)CC3)sc2c1. The van der Waals surface area contributed by atoms with Crippen LogP contribution in [0.5, 0.6) is 0 Å². The van der Waals surface area contributed by atoms with E-state index in [9.17, 15) is 4.39 Å². The van der Waals surface area contributed by atoms with E-state index < -0.39 is 0 Å². The highest BCUT2D eigenvalue weighted by Crippen LogP contribution is 2.32. The lowest BCUT2D eigenvalue weighted by Crippen LogP contribution is -2.46. The van der Waals surface area contributed by atoms with Crippen molar-refractivity contribution in [1.82, 2.24) is 9.97 Å². The molecular formula is C18H15FN4S2.